The number of nitrogens with zero attached hydrogens (tertiary/aromatic N) is 2. The van der Waals surface area contributed by atoms with Crippen molar-refractivity contribution < 1.29 is 19.4 Å². The zero-order valence-electron chi connectivity index (χ0n) is 15.1. The largest absolute Gasteiger partial charge is 0.497 e. The van der Waals surface area contributed by atoms with Gasteiger partial charge in [-0.05, 0) is 49.7 Å². The van der Waals surface area contributed by atoms with Gasteiger partial charge in [-0.25, -0.2) is 0 Å². The molecule has 1 saturated heterocycles. The van der Waals surface area contributed by atoms with Crippen molar-refractivity contribution in [3.63, 3.8) is 0 Å². The molecule has 138 valence electrons. The number of pyridine rings is 1. The molecule has 2 unspecified atom stereocenters. The van der Waals surface area contributed by atoms with Crippen LogP contribution >= 0.6 is 0 Å². The smallest absolute Gasteiger partial charge is 0.307 e. The van der Waals surface area contributed by atoms with Gasteiger partial charge in [0.15, 0.2) is 0 Å². The Labute approximate surface area is 153 Å². The van der Waals surface area contributed by atoms with Crippen LogP contribution in [0.15, 0.2) is 42.6 Å². The second-order valence-electron chi connectivity index (χ2n) is 6.44. The number of carbonyl (C=O) groups is 1. The van der Waals surface area contributed by atoms with Crippen molar-refractivity contribution in [3.05, 3.63) is 53.9 Å². The van der Waals surface area contributed by atoms with Gasteiger partial charge in [-0.2, -0.15) is 0 Å². The third kappa shape index (κ3) is 3.80. The Bertz CT molecular complexity index is 751. The maximum absolute atomic E-state index is 11.5. The summed E-state index contributed by atoms with van der Waals surface area (Å²) in [4.78, 5) is 18.3. The molecule has 26 heavy (non-hydrogen) atoms. The van der Waals surface area contributed by atoms with Crippen LogP contribution < -0.4 is 9.47 Å². The lowest BCUT2D eigenvalue weighted by Gasteiger charge is -2.37. The van der Waals surface area contributed by atoms with Crippen molar-refractivity contribution in [1.29, 1.82) is 0 Å². The summed E-state index contributed by atoms with van der Waals surface area (Å²) in [6.07, 6.45) is 3.30. The van der Waals surface area contributed by atoms with Crippen LogP contribution in [0.25, 0.3) is 0 Å². The first-order valence-electron chi connectivity index (χ1n) is 8.73. The minimum atomic E-state index is -0.743. The third-order valence-corrected chi connectivity index (χ3v) is 4.87. The molecule has 0 radical (unpaired) electrons. The van der Waals surface area contributed by atoms with E-state index in [1.165, 1.54) is 0 Å². The first-order chi connectivity index (χ1) is 12.6. The number of benzene rings is 1. The van der Waals surface area contributed by atoms with E-state index >= 15 is 0 Å². The molecule has 6 heteroatoms. The van der Waals surface area contributed by atoms with Crippen molar-refractivity contribution in [2.75, 3.05) is 27.3 Å². The Morgan fingerprint density at radius 3 is 2.77 bits per heavy atom. The Morgan fingerprint density at radius 2 is 2.12 bits per heavy atom. The predicted octanol–water partition coefficient (Wildman–Crippen LogP) is 2.98. The molecule has 1 aliphatic heterocycles. The van der Waals surface area contributed by atoms with E-state index in [1.54, 1.807) is 20.4 Å². The number of aliphatic carboxylic acids is 1. The molecule has 2 heterocycles. The Balaban J connectivity index is 2.06. The summed E-state index contributed by atoms with van der Waals surface area (Å²) in [7, 11) is 3.26. The van der Waals surface area contributed by atoms with E-state index in [2.05, 4.69) is 9.88 Å². The zero-order chi connectivity index (χ0) is 18.5. The summed E-state index contributed by atoms with van der Waals surface area (Å²) in [6.45, 7) is 1.29. The summed E-state index contributed by atoms with van der Waals surface area (Å²) in [5.41, 5.74) is 1.79. The molecule has 1 N–H and O–H groups in total. The Hall–Kier alpha value is -2.60. The van der Waals surface area contributed by atoms with Gasteiger partial charge in [-0.15, -0.1) is 0 Å². The highest BCUT2D eigenvalue weighted by Gasteiger charge is 2.33. The maximum atomic E-state index is 11.5. The highest BCUT2D eigenvalue weighted by Crippen LogP contribution is 2.38. The van der Waals surface area contributed by atoms with E-state index in [0.717, 1.165) is 35.7 Å². The van der Waals surface area contributed by atoms with Crippen molar-refractivity contribution in [1.82, 2.24) is 9.88 Å². The lowest BCUT2D eigenvalue weighted by atomic mass is 9.93. The monoisotopic (exact) mass is 356 g/mol. The number of likely N-dealkylation sites (tertiary alicyclic amines) is 1. The first kappa shape index (κ1) is 18.2. The van der Waals surface area contributed by atoms with E-state index in [9.17, 15) is 9.90 Å². The number of carboxylic acid groups (broad SMARTS) is 1. The molecule has 0 saturated carbocycles. The van der Waals surface area contributed by atoms with E-state index < -0.39 is 5.97 Å². The molecule has 0 bridgehead atoms. The number of hydrogen-bond donors (Lipinski definition) is 1. The van der Waals surface area contributed by atoms with Crippen LogP contribution in [-0.4, -0.2) is 48.3 Å². The molecule has 2 aromatic rings. The highest BCUT2D eigenvalue weighted by molar-refractivity contribution is 5.70. The van der Waals surface area contributed by atoms with Crippen molar-refractivity contribution in [3.8, 4) is 11.5 Å². The minimum Gasteiger partial charge on any atom is -0.497 e. The van der Waals surface area contributed by atoms with E-state index in [1.807, 2.05) is 36.4 Å². The van der Waals surface area contributed by atoms with E-state index in [-0.39, 0.29) is 12.0 Å². The SMILES string of the molecule is COc1ccc(OC)c(C(c2ccccn2)N2CCCC(C(=O)O)C2)c1. The van der Waals surface area contributed by atoms with Crippen molar-refractivity contribution in [2.24, 2.45) is 5.92 Å². The topological polar surface area (TPSA) is 71.9 Å². The molecular formula is C20H24N2O4. The number of methoxy groups -OCH3 is 2. The van der Waals surface area contributed by atoms with Crippen molar-refractivity contribution >= 4 is 5.97 Å². The minimum absolute atomic E-state index is 0.191. The highest BCUT2D eigenvalue weighted by atomic mass is 16.5. The second-order valence-corrected chi connectivity index (χ2v) is 6.44. The fourth-order valence-corrected chi connectivity index (χ4v) is 3.58. The van der Waals surface area contributed by atoms with Crippen LogP contribution in [0.3, 0.4) is 0 Å². The van der Waals surface area contributed by atoms with E-state index in [4.69, 9.17) is 9.47 Å². The van der Waals surface area contributed by atoms with Gasteiger partial charge in [-0.3, -0.25) is 14.7 Å². The molecule has 0 amide bonds. The standard InChI is InChI=1S/C20H24N2O4/c1-25-15-8-9-18(26-2)16(12-15)19(17-7-3-4-10-21-17)22-11-5-6-14(13-22)20(23)24/h3-4,7-10,12,14,19H,5-6,11,13H2,1-2H3,(H,23,24). The van der Waals surface area contributed by atoms with Gasteiger partial charge in [0.2, 0.25) is 0 Å². The molecule has 2 atom stereocenters. The lowest BCUT2D eigenvalue weighted by molar-refractivity contribution is -0.143. The average Bonchev–Trinajstić information content (AvgIpc) is 2.69. The molecule has 1 aromatic heterocycles. The summed E-state index contributed by atoms with van der Waals surface area (Å²) in [6, 6.07) is 11.3. The zero-order valence-corrected chi connectivity index (χ0v) is 15.1. The molecule has 1 aromatic carbocycles. The van der Waals surface area contributed by atoms with Crippen LogP contribution in [-0.2, 0) is 4.79 Å². The first-order valence-corrected chi connectivity index (χ1v) is 8.73. The number of aromatic nitrogens is 1. The van der Waals surface area contributed by atoms with Gasteiger partial charge in [0.25, 0.3) is 0 Å². The van der Waals surface area contributed by atoms with Gasteiger partial charge in [0.05, 0.1) is 31.9 Å². The van der Waals surface area contributed by atoms with Crippen LogP contribution in [0, 0.1) is 5.92 Å². The summed E-state index contributed by atoms with van der Waals surface area (Å²) in [5, 5.41) is 9.47. The van der Waals surface area contributed by atoms with Gasteiger partial charge in [0.1, 0.15) is 11.5 Å². The van der Waals surface area contributed by atoms with Crippen molar-refractivity contribution in [2.45, 2.75) is 18.9 Å². The third-order valence-electron chi connectivity index (χ3n) is 4.87. The second kappa shape index (κ2) is 8.19. The normalized spacial score (nSPS) is 18.9. The number of ether oxygens (including phenoxy) is 2. The lowest BCUT2D eigenvalue weighted by Crippen LogP contribution is -2.41. The Morgan fingerprint density at radius 1 is 1.27 bits per heavy atom. The summed E-state index contributed by atoms with van der Waals surface area (Å²) < 4.78 is 11.0. The molecular weight excluding hydrogens is 332 g/mol. The fraction of sp³-hybridized carbons (Fsp3) is 0.400. The molecule has 0 aliphatic carbocycles. The van der Waals surface area contributed by atoms with Crippen LogP contribution in [0.4, 0.5) is 0 Å². The van der Waals surface area contributed by atoms with Crippen LogP contribution in [0.5, 0.6) is 11.5 Å². The molecule has 1 fully saturated rings. The average molecular weight is 356 g/mol. The van der Waals surface area contributed by atoms with Gasteiger partial charge >= 0.3 is 5.97 Å². The quantitative estimate of drug-likeness (QED) is 0.858. The molecule has 3 rings (SSSR count). The van der Waals surface area contributed by atoms with Gasteiger partial charge in [-0.1, -0.05) is 6.07 Å². The predicted molar refractivity (Wildman–Crippen MR) is 97.6 cm³/mol. The number of piperidine rings is 1. The molecule has 0 spiro atoms. The number of rotatable bonds is 6. The molecule has 6 nitrogen and oxygen atoms in total. The van der Waals surface area contributed by atoms with Gasteiger partial charge < -0.3 is 14.6 Å². The summed E-state index contributed by atoms with van der Waals surface area (Å²) >= 11 is 0. The molecule has 1 aliphatic rings. The van der Waals surface area contributed by atoms with Crippen LogP contribution in [0.1, 0.15) is 30.1 Å². The van der Waals surface area contributed by atoms with E-state index in [0.29, 0.717) is 13.0 Å². The number of hydrogen-bond acceptors (Lipinski definition) is 5. The fourth-order valence-electron chi connectivity index (χ4n) is 3.58. The maximum Gasteiger partial charge on any atom is 0.307 e. The summed E-state index contributed by atoms with van der Waals surface area (Å²) in [5.74, 6) is 0.353. The Kier molecular flexibility index (Phi) is 5.73. The van der Waals surface area contributed by atoms with Gasteiger partial charge in [0, 0.05) is 18.3 Å². The van der Waals surface area contributed by atoms with Crippen LogP contribution in [0.2, 0.25) is 0 Å². The number of carboxylic acids is 1.